The number of ether oxygens (including phenoxy) is 2. The highest BCUT2D eigenvalue weighted by Crippen LogP contribution is 2.39. The molecule has 1 N–H and O–H groups in total. The van der Waals surface area contributed by atoms with Crippen LogP contribution in [0.3, 0.4) is 0 Å². The number of aliphatic hydroxyl groups is 1. The predicted octanol–water partition coefficient (Wildman–Crippen LogP) is 4.39. The van der Waals surface area contributed by atoms with Crippen LogP contribution in [0.15, 0.2) is 34.1 Å². The van der Waals surface area contributed by atoms with Gasteiger partial charge in [0.25, 0.3) is 0 Å². The Labute approximate surface area is 131 Å². The Kier molecular flexibility index (Phi) is 5.46. The van der Waals surface area contributed by atoms with Gasteiger partial charge in [0.1, 0.15) is 6.10 Å². The zero-order valence-corrected chi connectivity index (χ0v) is 13.8. The Hall–Kier alpha value is -1.04. The maximum atomic E-state index is 10.5. The zero-order chi connectivity index (χ0) is 14.5. The average Bonchev–Trinajstić information content (AvgIpc) is 2.95. The topological polar surface area (TPSA) is 38.7 Å². The molecule has 0 spiro atoms. The molecule has 20 heavy (non-hydrogen) atoms. The SMILES string of the molecule is CCOc1cc(Br)c(C(O)c2cccs2)cc1OCC. The quantitative estimate of drug-likeness (QED) is 0.833. The first-order chi connectivity index (χ1) is 9.67. The molecule has 1 aromatic heterocycles. The van der Waals surface area contributed by atoms with Gasteiger partial charge in [0.15, 0.2) is 11.5 Å². The van der Waals surface area contributed by atoms with Crippen LogP contribution in [0.2, 0.25) is 0 Å². The van der Waals surface area contributed by atoms with Crippen molar-refractivity contribution in [3.05, 3.63) is 44.6 Å². The zero-order valence-electron chi connectivity index (χ0n) is 11.4. The number of thiophene rings is 1. The van der Waals surface area contributed by atoms with E-state index in [-0.39, 0.29) is 0 Å². The second-order valence-electron chi connectivity index (χ2n) is 4.10. The molecule has 108 valence electrons. The molecular formula is C15H17BrO3S. The van der Waals surface area contributed by atoms with E-state index < -0.39 is 6.10 Å². The summed E-state index contributed by atoms with van der Waals surface area (Å²) in [5.74, 6) is 1.34. The Bertz CT molecular complexity index is 554. The highest BCUT2D eigenvalue weighted by molar-refractivity contribution is 9.10. The standard InChI is InChI=1S/C15H17BrO3S/c1-3-18-12-8-10(11(16)9-13(12)19-4-2)15(17)14-6-5-7-20-14/h5-9,15,17H,3-4H2,1-2H3. The summed E-state index contributed by atoms with van der Waals surface area (Å²) in [6.45, 7) is 4.97. The summed E-state index contributed by atoms with van der Waals surface area (Å²) >= 11 is 5.02. The third-order valence-electron chi connectivity index (χ3n) is 2.77. The van der Waals surface area contributed by atoms with Gasteiger partial charge in [0.05, 0.1) is 13.2 Å². The summed E-state index contributed by atoms with van der Waals surface area (Å²) in [5.41, 5.74) is 0.777. The van der Waals surface area contributed by atoms with Gasteiger partial charge in [-0.2, -0.15) is 0 Å². The molecule has 1 atom stereocenters. The molecule has 0 fully saturated rings. The maximum Gasteiger partial charge on any atom is 0.162 e. The summed E-state index contributed by atoms with van der Waals surface area (Å²) < 4.78 is 12.0. The fourth-order valence-electron chi connectivity index (χ4n) is 1.90. The first kappa shape index (κ1) is 15.4. The van der Waals surface area contributed by atoms with Crippen LogP contribution < -0.4 is 9.47 Å². The Morgan fingerprint density at radius 1 is 1.20 bits per heavy atom. The lowest BCUT2D eigenvalue weighted by atomic mass is 10.1. The van der Waals surface area contributed by atoms with E-state index in [2.05, 4.69) is 15.9 Å². The first-order valence-electron chi connectivity index (χ1n) is 6.47. The Morgan fingerprint density at radius 2 is 1.85 bits per heavy atom. The Balaban J connectivity index is 2.40. The lowest BCUT2D eigenvalue weighted by Crippen LogP contribution is -2.03. The van der Waals surface area contributed by atoms with Crippen molar-refractivity contribution >= 4 is 27.3 Å². The van der Waals surface area contributed by atoms with E-state index in [0.29, 0.717) is 24.7 Å². The third kappa shape index (κ3) is 3.34. The second-order valence-corrected chi connectivity index (χ2v) is 5.94. The molecule has 2 rings (SSSR count). The van der Waals surface area contributed by atoms with Crippen molar-refractivity contribution < 1.29 is 14.6 Å². The lowest BCUT2D eigenvalue weighted by molar-refractivity contribution is 0.221. The van der Waals surface area contributed by atoms with Crippen LogP contribution >= 0.6 is 27.3 Å². The van der Waals surface area contributed by atoms with Gasteiger partial charge in [-0.25, -0.2) is 0 Å². The van der Waals surface area contributed by atoms with Crippen LogP contribution in [0.1, 0.15) is 30.4 Å². The molecular weight excluding hydrogens is 340 g/mol. The highest BCUT2D eigenvalue weighted by Gasteiger charge is 2.18. The van der Waals surface area contributed by atoms with Gasteiger partial charge in [-0.15, -0.1) is 11.3 Å². The maximum absolute atomic E-state index is 10.5. The summed E-state index contributed by atoms with van der Waals surface area (Å²) in [5, 5.41) is 12.4. The second kappa shape index (κ2) is 7.11. The first-order valence-corrected chi connectivity index (χ1v) is 8.15. The molecule has 0 amide bonds. The number of halogens is 1. The van der Waals surface area contributed by atoms with Gasteiger partial charge in [0, 0.05) is 14.9 Å². The fraction of sp³-hybridized carbons (Fsp3) is 0.333. The third-order valence-corrected chi connectivity index (χ3v) is 4.38. The molecule has 1 heterocycles. The number of benzene rings is 1. The predicted molar refractivity (Wildman–Crippen MR) is 84.9 cm³/mol. The minimum atomic E-state index is -0.667. The summed E-state index contributed by atoms with van der Waals surface area (Å²) in [6.07, 6.45) is -0.667. The van der Waals surface area contributed by atoms with E-state index in [0.717, 1.165) is 14.9 Å². The fourth-order valence-corrected chi connectivity index (χ4v) is 3.16. The largest absolute Gasteiger partial charge is 0.490 e. The molecule has 2 aromatic rings. The van der Waals surface area contributed by atoms with E-state index in [1.54, 1.807) is 0 Å². The number of hydrogen-bond donors (Lipinski definition) is 1. The smallest absolute Gasteiger partial charge is 0.162 e. The minimum Gasteiger partial charge on any atom is -0.490 e. The van der Waals surface area contributed by atoms with Gasteiger partial charge in [-0.05, 0) is 37.4 Å². The molecule has 0 saturated carbocycles. The molecule has 0 aliphatic rings. The summed E-state index contributed by atoms with van der Waals surface area (Å²) in [7, 11) is 0. The molecule has 5 heteroatoms. The molecule has 1 aromatic carbocycles. The van der Waals surface area contributed by atoms with Gasteiger partial charge in [0.2, 0.25) is 0 Å². The lowest BCUT2D eigenvalue weighted by Gasteiger charge is -2.17. The van der Waals surface area contributed by atoms with E-state index in [9.17, 15) is 5.11 Å². The van der Waals surface area contributed by atoms with Crippen LogP contribution in [0.5, 0.6) is 11.5 Å². The van der Waals surface area contributed by atoms with Gasteiger partial charge >= 0.3 is 0 Å². The van der Waals surface area contributed by atoms with Crippen LogP contribution in [-0.2, 0) is 0 Å². The highest BCUT2D eigenvalue weighted by atomic mass is 79.9. The van der Waals surface area contributed by atoms with Crippen molar-refractivity contribution in [2.24, 2.45) is 0 Å². The number of rotatable bonds is 6. The summed E-state index contributed by atoms with van der Waals surface area (Å²) in [4.78, 5) is 0.900. The van der Waals surface area contributed by atoms with Crippen LogP contribution in [0, 0.1) is 0 Å². The van der Waals surface area contributed by atoms with E-state index >= 15 is 0 Å². The molecule has 3 nitrogen and oxygen atoms in total. The van der Waals surface area contributed by atoms with E-state index in [1.165, 1.54) is 11.3 Å². The van der Waals surface area contributed by atoms with Crippen molar-refractivity contribution in [3.8, 4) is 11.5 Å². The van der Waals surface area contributed by atoms with Gasteiger partial charge in [-0.1, -0.05) is 22.0 Å². The average molecular weight is 357 g/mol. The number of aliphatic hydroxyl groups excluding tert-OH is 1. The molecule has 0 bridgehead atoms. The molecule has 0 aliphatic heterocycles. The Morgan fingerprint density at radius 3 is 2.40 bits per heavy atom. The van der Waals surface area contributed by atoms with Crippen molar-refractivity contribution in [1.29, 1.82) is 0 Å². The van der Waals surface area contributed by atoms with Crippen LogP contribution in [-0.4, -0.2) is 18.3 Å². The van der Waals surface area contributed by atoms with Crippen molar-refractivity contribution in [1.82, 2.24) is 0 Å². The van der Waals surface area contributed by atoms with Crippen molar-refractivity contribution in [2.75, 3.05) is 13.2 Å². The van der Waals surface area contributed by atoms with Crippen molar-refractivity contribution in [2.45, 2.75) is 20.0 Å². The van der Waals surface area contributed by atoms with Gasteiger partial charge < -0.3 is 14.6 Å². The summed E-state index contributed by atoms with van der Waals surface area (Å²) in [6, 6.07) is 7.53. The molecule has 0 aliphatic carbocycles. The normalized spacial score (nSPS) is 12.2. The van der Waals surface area contributed by atoms with Gasteiger partial charge in [-0.3, -0.25) is 0 Å². The molecule has 0 saturated heterocycles. The monoisotopic (exact) mass is 356 g/mol. The molecule has 1 unspecified atom stereocenters. The van der Waals surface area contributed by atoms with E-state index in [4.69, 9.17) is 9.47 Å². The van der Waals surface area contributed by atoms with Crippen molar-refractivity contribution in [3.63, 3.8) is 0 Å². The number of hydrogen-bond acceptors (Lipinski definition) is 4. The van der Waals surface area contributed by atoms with Crippen LogP contribution in [0.4, 0.5) is 0 Å². The molecule has 0 radical (unpaired) electrons. The minimum absolute atomic E-state index is 0.552. The van der Waals surface area contributed by atoms with Crippen LogP contribution in [0.25, 0.3) is 0 Å². The van der Waals surface area contributed by atoms with E-state index in [1.807, 2.05) is 43.5 Å².